The van der Waals surface area contributed by atoms with Crippen LogP contribution in [0.4, 0.5) is 0 Å². The number of ether oxygens (including phenoxy) is 1. The summed E-state index contributed by atoms with van der Waals surface area (Å²) in [6, 6.07) is 4.23. The van der Waals surface area contributed by atoms with Crippen molar-refractivity contribution >= 4 is 0 Å². The van der Waals surface area contributed by atoms with Gasteiger partial charge in [0, 0.05) is 0 Å². The van der Waals surface area contributed by atoms with Crippen molar-refractivity contribution in [2.45, 2.75) is 40.2 Å². The first kappa shape index (κ1) is 15.0. The molecule has 0 aliphatic carbocycles. The van der Waals surface area contributed by atoms with Crippen molar-refractivity contribution in [3.63, 3.8) is 0 Å². The number of hydrogen-bond acceptors (Lipinski definition) is 3. The van der Waals surface area contributed by atoms with Crippen LogP contribution in [0.15, 0.2) is 12.1 Å². The lowest BCUT2D eigenvalue weighted by molar-refractivity contribution is 0.116. The maximum Gasteiger partial charge on any atom is 0.125 e. The zero-order chi connectivity index (χ0) is 13.8. The summed E-state index contributed by atoms with van der Waals surface area (Å²) in [6.45, 7) is 11.5. The van der Waals surface area contributed by atoms with Crippen LogP contribution < -0.4 is 10.1 Å². The van der Waals surface area contributed by atoms with Crippen molar-refractivity contribution in [2.75, 3.05) is 19.8 Å². The standard InChI is InChI=1S/C15H25NO2/c1-6-16-15(5,9-17)10-18-14-12(3)7-11(2)8-13(14)4/h7-8,16-17H,6,9-10H2,1-5H3. The third-order valence-electron chi connectivity index (χ3n) is 3.09. The fraction of sp³-hybridized carbons (Fsp3) is 0.600. The minimum absolute atomic E-state index is 0.0603. The number of hydrogen-bond donors (Lipinski definition) is 2. The first-order chi connectivity index (χ1) is 8.41. The van der Waals surface area contributed by atoms with E-state index in [9.17, 15) is 5.11 Å². The van der Waals surface area contributed by atoms with Crippen molar-refractivity contribution < 1.29 is 9.84 Å². The molecule has 0 bridgehead atoms. The van der Waals surface area contributed by atoms with Gasteiger partial charge in [-0.3, -0.25) is 0 Å². The summed E-state index contributed by atoms with van der Waals surface area (Å²) in [4.78, 5) is 0. The molecule has 0 spiro atoms. The van der Waals surface area contributed by atoms with Gasteiger partial charge < -0.3 is 15.2 Å². The fourth-order valence-electron chi connectivity index (χ4n) is 2.21. The molecule has 3 nitrogen and oxygen atoms in total. The van der Waals surface area contributed by atoms with E-state index < -0.39 is 5.54 Å². The Bertz CT molecular complexity index is 380. The molecule has 102 valence electrons. The van der Waals surface area contributed by atoms with Crippen LogP contribution in [0.5, 0.6) is 5.75 Å². The van der Waals surface area contributed by atoms with Gasteiger partial charge in [-0.25, -0.2) is 0 Å². The molecule has 0 radical (unpaired) electrons. The first-order valence-electron chi connectivity index (χ1n) is 6.48. The van der Waals surface area contributed by atoms with Gasteiger partial charge in [-0.1, -0.05) is 24.6 Å². The molecule has 1 atom stereocenters. The summed E-state index contributed by atoms with van der Waals surface area (Å²) in [7, 11) is 0. The highest BCUT2D eigenvalue weighted by Crippen LogP contribution is 2.25. The van der Waals surface area contributed by atoms with E-state index in [2.05, 4.69) is 38.2 Å². The predicted octanol–water partition coefficient (Wildman–Crippen LogP) is 2.35. The Morgan fingerprint density at radius 2 is 1.78 bits per heavy atom. The molecule has 0 aromatic heterocycles. The largest absolute Gasteiger partial charge is 0.491 e. The van der Waals surface area contributed by atoms with Gasteiger partial charge in [0.2, 0.25) is 0 Å². The summed E-state index contributed by atoms with van der Waals surface area (Å²) in [5.74, 6) is 0.929. The van der Waals surface area contributed by atoms with Crippen molar-refractivity contribution in [1.82, 2.24) is 5.32 Å². The molecule has 2 N–H and O–H groups in total. The highest BCUT2D eigenvalue weighted by molar-refractivity contribution is 5.43. The topological polar surface area (TPSA) is 41.5 Å². The van der Waals surface area contributed by atoms with Crippen LogP contribution in [0.25, 0.3) is 0 Å². The maximum atomic E-state index is 9.43. The van der Waals surface area contributed by atoms with Crippen molar-refractivity contribution in [1.29, 1.82) is 0 Å². The average molecular weight is 251 g/mol. The molecule has 1 rings (SSSR count). The molecule has 1 unspecified atom stereocenters. The minimum atomic E-state index is -0.390. The number of likely N-dealkylation sites (N-methyl/N-ethyl adjacent to an activating group) is 1. The van der Waals surface area contributed by atoms with Crippen LogP contribution in [-0.4, -0.2) is 30.4 Å². The van der Waals surface area contributed by atoms with Gasteiger partial charge in [0.05, 0.1) is 12.1 Å². The van der Waals surface area contributed by atoms with E-state index in [0.29, 0.717) is 6.61 Å². The first-order valence-corrected chi connectivity index (χ1v) is 6.48. The van der Waals surface area contributed by atoms with E-state index in [4.69, 9.17) is 4.74 Å². The van der Waals surface area contributed by atoms with Crippen LogP contribution in [0.1, 0.15) is 30.5 Å². The Labute approximate surface area is 110 Å². The smallest absolute Gasteiger partial charge is 0.125 e. The second-order valence-corrected chi connectivity index (χ2v) is 5.27. The molecule has 18 heavy (non-hydrogen) atoms. The van der Waals surface area contributed by atoms with E-state index in [0.717, 1.165) is 23.4 Å². The predicted molar refractivity (Wildman–Crippen MR) is 75.3 cm³/mol. The molecule has 3 heteroatoms. The van der Waals surface area contributed by atoms with Crippen molar-refractivity contribution in [3.05, 3.63) is 28.8 Å². The number of aliphatic hydroxyl groups excluding tert-OH is 1. The van der Waals surface area contributed by atoms with Gasteiger partial charge in [-0.15, -0.1) is 0 Å². The lowest BCUT2D eigenvalue weighted by Crippen LogP contribution is -2.50. The molecule has 0 fully saturated rings. The quantitative estimate of drug-likeness (QED) is 0.815. The number of aliphatic hydroxyl groups is 1. The number of rotatable bonds is 6. The van der Waals surface area contributed by atoms with Crippen LogP contribution in [0.2, 0.25) is 0 Å². The third kappa shape index (κ3) is 3.72. The summed E-state index contributed by atoms with van der Waals surface area (Å²) in [5.41, 5.74) is 3.14. The highest BCUT2D eigenvalue weighted by atomic mass is 16.5. The van der Waals surface area contributed by atoms with Gasteiger partial charge in [-0.2, -0.15) is 0 Å². The molecule has 1 aromatic carbocycles. The molecular weight excluding hydrogens is 226 g/mol. The van der Waals surface area contributed by atoms with Crippen molar-refractivity contribution in [3.8, 4) is 5.75 Å². The van der Waals surface area contributed by atoms with Gasteiger partial charge in [-0.05, 0) is 45.4 Å². The van der Waals surface area contributed by atoms with Gasteiger partial charge in [0.25, 0.3) is 0 Å². The lowest BCUT2D eigenvalue weighted by Gasteiger charge is -2.29. The Morgan fingerprint density at radius 3 is 2.22 bits per heavy atom. The second kappa shape index (κ2) is 6.21. The number of nitrogens with one attached hydrogen (secondary N) is 1. The van der Waals surface area contributed by atoms with E-state index in [1.165, 1.54) is 5.56 Å². The monoisotopic (exact) mass is 251 g/mol. The zero-order valence-electron chi connectivity index (χ0n) is 12.1. The van der Waals surface area contributed by atoms with E-state index in [1.807, 2.05) is 13.8 Å². The van der Waals surface area contributed by atoms with Crippen LogP contribution >= 0.6 is 0 Å². The van der Waals surface area contributed by atoms with E-state index in [-0.39, 0.29) is 6.61 Å². The normalized spacial score (nSPS) is 14.3. The highest BCUT2D eigenvalue weighted by Gasteiger charge is 2.23. The maximum absolute atomic E-state index is 9.43. The molecule has 0 saturated heterocycles. The van der Waals surface area contributed by atoms with E-state index >= 15 is 0 Å². The SMILES string of the molecule is CCNC(C)(CO)COc1c(C)cc(C)cc1C. The van der Waals surface area contributed by atoms with Crippen LogP contribution in [0.3, 0.4) is 0 Å². The molecule has 0 aliphatic rings. The Hall–Kier alpha value is -1.06. The number of aryl methyl sites for hydroxylation is 3. The van der Waals surface area contributed by atoms with Gasteiger partial charge in [0.1, 0.15) is 12.4 Å². The Kier molecular flexibility index (Phi) is 5.17. The van der Waals surface area contributed by atoms with Gasteiger partial charge >= 0.3 is 0 Å². The van der Waals surface area contributed by atoms with E-state index in [1.54, 1.807) is 0 Å². The zero-order valence-corrected chi connectivity index (χ0v) is 12.1. The lowest BCUT2D eigenvalue weighted by atomic mass is 10.0. The molecule has 0 aliphatic heterocycles. The average Bonchev–Trinajstić information content (AvgIpc) is 2.28. The Balaban J connectivity index is 2.80. The molecule has 0 heterocycles. The third-order valence-corrected chi connectivity index (χ3v) is 3.09. The van der Waals surface area contributed by atoms with Crippen molar-refractivity contribution in [2.24, 2.45) is 0 Å². The molecule has 1 aromatic rings. The second-order valence-electron chi connectivity index (χ2n) is 5.27. The molecular formula is C15H25NO2. The summed E-state index contributed by atoms with van der Waals surface area (Å²) in [5, 5.41) is 12.7. The summed E-state index contributed by atoms with van der Waals surface area (Å²) in [6.07, 6.45) is 0. The number of benzene rings is 1. The fourth-order valence-corrected chi connectivity index (χ4v) is 2.21. The summed E-state index contributed by atoms with van der Waals surface area (Å²) < 4.78 is 5.91. The van der Waals surface area contributed by atoms with Gasteiger partial charge in [0.15, 0.2) is 0 Å². The minimum Gasteiger partial charge on any atom is -0.491 e. The summed E-state index contributed by atoms with van der Waals surface area (Å²) >= 11 is 0. The molecule has 0 amide bonds. The van der Waals surface area contributed by atoms with Crippen LogP contribution in [-0.2, 0) is 0 Å². The Morgan fingerprint density at radius 1 is 1.22 bits per heavy atom. The van der Waals surface area contributed by atoms with Crippen LogP contribution in [0, 0.1) is 20.8 Å². The molecule has 0 saturated carbocycles.